The van der Waals surface area contributed by atoms with E-state index in [1.807, 2.05) is 48.5 Å². The highest BCUT2D eigenvalue weighted by molar-refractivity contribution is 5.79. The van der Waals surface area contributed by atoms with E-state index in [-0.39, 0.29) is 10.9 Å². The number of aromatic nitrogens is 3. The maximum Gasteiger partial charge on any atom is 0.262 e. The van der Waals surface area contributed by atoms with E-state index in [0.29, 0.717) is 17.9 Å². The first-order valence-electron chi connectivity index (χ1n) is 8.53. The summed E-state index contributed by atoms with van der Waals surface area (Å²) in [5.41, 5.74) is 2.07. The summed E-state index contributed by atoms with van der Waals surface area (Å²) in [7, 11) is 0. The number of nitrogens with zero attached hydrogens (tertiary/aromatic N) is 3. The highest BCUT2D eigenvalue weighted by atomic mass is 19.1. The predicted octanol–water partition coefficient (Wildman–Crippen LogP) is 4.15. The summed E-state index contributed by atoms with van der Waals surface area (Å²) in [6.07, 6.45) is 7.06. The maximum atomic E-state index is 13.6. The number of fused-ring (bicyclic) bond motifs is 1. The van der Waals surface area contributed by atoms with Crippen LogP contribution in [0.15, 0.2) is 77.9 Å². The van der Waals surface area contributed by atoms with Crippen LogP contribution in [-0.4, -0.2) is 14.5 Å². The van der Waals surface area contributed by atoms with E-state index in [1.165, 1.54) is 18.2 Å². The molecule has 0 unspecified atom stereocenters. The molecule has 2 aromatic carbocycles. The van der Waals surface area contributed by atoms with E-state index in [0.717, 1.165) is 11.1 Å². The van der Waals surface area contributed by atoms with E-state index in [1.54, 1.807) is 23.0 Å². The number of hydrogen-bond acceptors (Lipinski definition) is 3. The molecule has 0 aliphatic heterocycles. The minimum absolute atomic E-state index is 0.268. The molecule has 2 aromatic heterocycles. The van der Waals surface area contributed by atoms with Gasteiger partial charge in [-0.25, -0.2) is 9.37 Å². The first-order chi connectivity index (χ1) is 13.2. The van der Waals surface area contributed by atoms with Crippen LogP contribution in [0.4, 0.5) is 4.39 Å². The van der Waals surface area contributed by atoms with E-state index in [4.69, 9.17) is 0 Å². The zero-order valence-electron chi connectivity index (χ0n) is 14.4. The molecule has 0 bridgehead atoms. The van der Waals surface area contributed by atoms with Gasteiger partial charge in [-0.2, -0.15) is 0 Å². The highest BCUT2D eigenvalue weighted by Gasteiger charge is 2.11. The average molecular weight is 357 g/mol. The summed E-state index contributed by atoms with van der Waals surface area (Å²) in [5.74, 6) is 0.0538. The summed E-state index contributed by atoms with van der Waals surface area (Å²) < 4.78 is 15.2. The van der Waals surface area contributed by atoms with Crippen LogP contribution in [0.25, 0.3) is 23.1 Å². The summed E-state index contributed by atoms with van der Waals surface area (Å²) in [5, 5.41) is 0.268. The molecule has 0 saturated heterocycles. The molecule has 4 rings (SSSR count). The first-order valence-corrected chi connectivity index (χ1v) is 8.53. The van der Waals surface area contributed by atoms with Gasteiger partial charge in [0.25, 0.3) is 5.56 Å². The fourth-order valence-electron chi connectivity index (χ4n) is 2.90. The molecule has 0 saturated carbocycles. The molecule has 4 nitrogen and oxygen atoms in total. The van der Waals surface area contributed by atoms with Crippen LogP contribution in [0.3, 0.4) is 0 Å². The highest BCUT2D eigenvalue weighted by Crippen LogP contribution is 2.14. The van der Waals surface area contributed by atoms with Gasteiger partial charge in [0.05, 0.1) is 17.4 Å². The van der Waals surface area contributed by atoms with Crippen molar-refractivity contribution >= 4 is 23.1 Å². The van der Waals surface area contributed by atoms with Crippen molar-refractivity contribution in [3.63, 3.8) is 0 Å². The Morgan fingerprint density at radius 3 is 2.63 bits per heavy atom. The molecule has 27 heavy (non-hydrogen) atoms. The molecular weight excluding hydrogens is 341 g/mol. The molecule has 0 radical (unpaired) electrons. The second-order valence-electron chi connectivity index (χ2n) is 6.13. The van der Waals surface area contributed by atoms with E-state index < -0.39 is 5.82 Å². The van der Waals surface area contributed by atoms with Gasteiger partial charge in [0.1, 0.15) is 11.6 Å². The van der Waals surface area contributed by atoms with Gasteiger partial charge in [0.15, 0.2) is 0 Å². The Bertz CT molecular complexity index is 1170. The number of pyridine rings is 1. The topological polar surface area (TPSA) is 47.8 Å². The third-order valence-corrected chi connectivity index (χ3v) is 4.24. The van der Waals surface area contributed by atoms with Gasteiger partial charge < -0.3 is 0 Å². The van der Waals surface area contributed by atoms with Gasteiger partial charge in [-0.05, 0) is 47.5 Å². The minimum atomic E-state index is -0.452. The van der Waals surface area contributed by atoms with Crippen molar-refractivity contribution in [2.24, 2.45) is 0 Å². The summed E-state index contributed by atoms with van der Waals surface area (Å²) in [4.78, 5) is 21.7. The van der Waals surface area contributed by atoms with E-state index in [2.05, 4.69) is 9.97 Å². The molecule has 4 aromatic rings. The summed E-state index contributed by atoms with van der Waals surface area (Å²) in [6, 6.07) is 17.5. The molecule has 0 atom stereocenters. The fourth-order valence-corrected chi connectivity index (χ4v) is 2.90. The Balaban J connectivity index is 1.87. The van der Waals surface area contributed by atoms with Crippen LogP contribution in [0.2, 0.25) is 0 Å². The summed E-state index contributed by atoms with van der Waals surface area (Å²) in [6.45, 7) is 0.353. The Kier molecular flexibility index (Phi) is 4.58. The molecule has 132 valence electrons. The molecule has 2 heterocycles. The quantitative estimate of drug-likeness (QED) is 0.551. The lowest BCUT2D eigenvalue weighted by atomic mass is 10.2. The van der Waals surface area contributed by atoms with Crippen LogP contribution in [0.1, 0.15) is 17.0 Å². The van der Waals surface area contributed by atoms with Crippen molar-refractivity contribution in [1.29, 1.82) is 0 Å². The molecular formula is C22H16FN3O. The Labute approximate surface area is 155 Å². The monoisotopic (exact) mass is 357 g/mol. The second-order valence-corrected chi connectivity index (χ2v) is 6.13. The van der Waals surface area contributed by atoms with Crippen molar-refractivity contribution in [3.8, 4) is 0 Å². The molecule has 0 N–H and O–H groups in total. The van der Waals surface area contributed by atoms with Crippen molar-refractivity contribution < 1.29 is 4.39 Å². The van der Waals surface area contributed by atoms with Crippen LogP contribution >= 0.6 is 0 Å². The van der Waals surface area contributed by atoms with Crippen LogP contribution in [-0.2, 0) is 6.54 Å². The molecule has 0 aliphatic rings. The van der Waals surface area contributed by atoms with Crippen molar-refractivity contribution in [1.82, 2.24) is 14.5 Å². The number of halogens is 1. The van der Waals surface area contributed by atoms with Crippen molar-refractivity contribution in [3.05, 3.63) is 106 Å². The van der Waals surface area contributed by atoms with Gasteiger partial charge in [0.2, 0.25) is 0 Å². The zero-order chi connectivity index (χ0) is 18.6. The molecule has 0 amide bonds. The normalized spacial score (nSPS) is 11.3. The standard InChI is InChI=1S/C22H16FN3O/c23-18-9-10-20-19(13-18)22(27)26(15-17-5-2-1-3-6-17)21(25-20)11-8-16-7-4-12-24-14-16/h1-14H,15H2/b11-8+. The summed E-state index contributed by atoms with van der Waals surface area (Å²) >= 11 is 0. The minimum Gasteiger partial charge on any atom is -0.288 e. The number of hydrogen-bond donors (Lipinski definition) is 0. The van der Waals surface area contributed by atoms with Crippen LogP contribution < -0.4 is 5.56 Å². The number of benzene rings is 2. The largest absolute Gasteiger partial charge is 0.288 e. The van der Waals surface area contributed by atoms with Gasteiger partial charge in [-0.3, -0.25) is 14.3 Å². The Hall–Kier alpha value is -3.60. The lowest BCUT2D eigenvalue weighted by molar-refractivity contribution is 0.628. The van der Waals surface area contributed by atoms with Crippen LogP contribution in [0, 0.1) is 5.82 Å². The first kappa shape index (κ1) is 16.8. The molecule has 0 fully saturated rings. The third-order valence-electron chi connectivity index (χ3n) is 4.24. The number of rotatable bonds is 4. The fraction of sp³-hybridized carbons (Fsp3) is 0.0455. The van der Waals surface area contributed by atoms with Gasteiger partial charge in [-0.1, -0.05) is 36.4 Å². The maximum absolute atomic E-state index is 13.6. The smallest absolute Gasteiger partial charge is 0.262 e. The van der Waals surface area contributed by atoms with Gasteiger partial charge in [-0.15, -0.1) is 0 Å². The van der Waals surface area contributed by atoms with E-state index >= 15 is 0 Å². The van der Waals surface area contributed by atoms with Crippen molar-refractivity contribution in [2.75, 3.05) is 0 Å². The molecule has 5 heteroatoms. The zero-order valence-corrected chi connectivity index (χ0v) is 14.4. The lowest BCUT2D eigenvalue weighted by Crippen LogP contribution is -2.24. The average Bonchev–Trinajstić information content (AvgIpc) is 2.71. The second kappa shape index (κ2) is 7.33. The Morgan fingerprint density at radius 2 is 1.85 bits per heavy atom. The SMILES string of the molecule is O=c1c2cc(F)ccc2nc(/C=C/c2cccnc2)n1Cc1ccccc1. The lowest BCUT2D eigenvalue weighted by Gasteiger charge is -2.11. The van der Waals surface area contributed by atoms with Gasteiger partial charge in [0, 0.05) is 12.4 Å². The van der Waals surface area contributed by atoms with Crippen molar-refractivity contribution in [2.45, 2.75) is 6.54 Å². The molecule has 0 spiro atoms. The Morgan fingerprint density at radius 1 is 1.00 bits per heavy atom. The molecule has 0 aliphatic carbocycles. The predicted molar refractivity (Wildman–Crippen MR) is 105 cm³/mol. The third kappa shape index (κ3) is 3.67. The van der Waals surface area contributed by atoms with Crippen LogP contribution in [0.5, 0.6) is 0 Å². The van der Waals surface area contributed by atoms with E-state index in [9.17, 15) is 9.18 Å². The van der Waals surface area contributed by atoms with Gasteiger partial charge >= 0.3 is 0 Å².